The zero-order chi connectivity index (χ0) is 25.9. The standard InChI is InChI=1S/C31H25FN4O/c1-17-9-10-21(24(32)15-17)27-22-11-12-23-18(2)28(37)26(33-4)16-31(23,3)29(22)36-30(35-27)20-13-14-34-25-8-6-5-7-19(20)25/h5-10,13-16,18,23H,11-12H2,1-3H3/t18-,23-,31-/m1/s1. The Hall–Kier alpha value is -4.24. The molecule has 37 heavy (non-hydrogen) atoms. The lowest BCUT2D eigenvalue weighted by atomic mass is 9.58. The zero-order valence-corrected chi connectivity index (χ0v) is 20.9. The van der Waals surface area contributed by atoms with Crippen molar-refractivity contribution in [1.29, 1.82) is 0 Å². The Bertz CT molecular complexity index is 1680. The molecule has 6 heteroatoms. The average molecular weight is 489 g/mol. The van der Waals surface area contributed by atoms with Gasteiger partial charge in [0.25, 0.3) is 0 Å². The molecule has 0 saturated heterocycles. The van der Waals surface area contributed by atoms with Crippen LogP contribution in [0.15, 0.2) is 66.5 Å². The number of carbonyl (C=O) groups is 1. The normalized spacial score (nSPS) is 22.7. The summed E-state index contributed by atoms with van der Waals surface area (Å²) in [4.78, 5) is 31.1. The first-order valence-corrected chi connectivity index (χ1v) is 12.5. The van der Waals surface area contributed by atoms with Crippen LogP contribution in [0.3, 0.4) is 0 Å². The monoisotopic (exact) mass is 488 g/mol. The molecule has 0 bridgehead atoms. The molecule has 4 aromatic rings. The van der Waals surface area contributed by atoms with Gasteiger partial charge in [-0.25, -0.2) is 19.2 Å². The van der Waals surface area contributed by atoms with Crippen molar-refractivity contribution in [2.24, 2.45) is 11.8 Å². The van der Waals surface area contributed by atoms with E-state index in [1.807, 2.05) is 50.2 Å². The summed E-state index contributed by atoms with van der Waals surface area (Å²) >= 11 is 0. The van der Waals surface area contributed by atoms with Crippen molar-refractivity contribution in [3.05, 3.63) is 101 Å². The van der Waals surface area contributed by atoms with E-state index in [9.17, 15) is 4.79 Å². The lowest BCUT2D eigenvalue weighted by Gasteiger charge is -2.46. The molecule has 0 saturated carbocycles. The quantitative estimate of drug-likeness (QED) is 0.297. The van der Waals surface area contributed by atoms with Crippen molar-refractivity contribution >= 4 is 16.7 Å². The van der Waals surface area contributed by atoms with Crippen LogP contribution in [0.4, 0.5) is 4.39 Å². The van der Waals surface area contributed by atoms with Crippen LogP contribution in [0.5, 0.6) is 0 Å². The molecule has 0 radical (unpaired) electrons. The Morgan fingerprint density at radius 1 is 1.11 bits per heavy atom. The number of hydrogen-bond acceptors (Lipinski definition) is 4. The molecular formula is C31H25FN4O. The second kappa shape index (κ2) is 8.41. The predicted molar refractivity (Wildman–Crippen MR) is 141 cm³/mol. The minimum atomic E-state index is -0.656. The average Bonchev–Trinajstić information content (AvgIpc) is 2.90. The third-order valence-electron chi connectivity index (χ3n) is 8.09. The molecule has 0 N–H and O–H groups in total. The highest BCUT2D eigenvalue weighted by atomic mass is 19.1. The number of rotatable bonds is 2. The van der Waals surface area contributed by atoms with Crippen molar-refractivity contribution in [3.8, 4) is 22.6 Å². The van der Waals surface area contributed by atoms with Crippen LogP contribution in [0.25, 0.3) is 38.4 Å². The fraction of sp³-hybridized carbons (Fsp3) is 0.258. The van der Waals surface area contributed by atoms with Gasteiger partial charge in [0.15, 0.2) is 11.6 Å². The van der Waals surface area contributed by atoms with Crippen LogP contribution in [-0.2, 0) is 16.6 Å². The third kappa shape index (κ3) is 3.49. The minimum Gasteiger partial charge on any atom is -0.308 e. The molecule has 5 nitrogen and oxygen atoms in total. The van der Waals surface area contributed by atoms with Gasteiger partial charge in [0.05, 0.1) is 23.5 Å². The second-order valence-corrected chi connectivity index (χ2v) is 10.3. The number of allylic oxidation sites excluding steroid dienone is 2. The fourth-order valence-electron chi connectivity index (χ4n) is 6.19. The summed E-state index contributed by atoms with van der Waals surface area (Å²) in [5, 5.41) is 0.905. The number of halogens is 1. The number of Topliss-reactive ketones (excluding diaryl/α,β-unsaturated/α-hetero) is 1. The van der Waals surface area contributed by atoms with Gasteiger partial charge in [-0.15, -0.1) is 0 Å². The Labute approximate surface area is 214 Å². The highest BCUT2D eigenvalue weighted by Gasteiger charge is 2.49. The Morgan fingerprint density at radius 2 is 1.92 bits per heavy atom. The lowest BCUT2D eigenvalue weighted by Crippen LogP contribution is -2.46. The molecule has 182 valence electrons. The number of carbonyl (C=O) groups excluding carboxylic acids is 1. The Kier molecular flexibility index (Phi) is 5.27. The number of aryl methyl sites for hydroxylation is 1. The predicted octanol–water partition coefficient (Wildman–Crippen LogP) is 6.65. The van der Waals surface area contributed by atoms with Gasteiger partial charge in [-0.1, -0.05) is 44.2 Å². The number of para-hydroxylation sites is 1. The molecule has 0 spiro atoms. The van der Waals surface area contributed by atoms with E-state index in [1.54, 1.807) is 18.3 Å². The summed E-state index contributed by atoms with van der Waals surface area (Å²) in [6.07, 6.45) is 4.89. The number of aromatic nitrogens is 3. The number of hydrogen-bond donors (Lipinski definition) is 0. The zero-order valence-electron chi connectivity index (χ0n) is 20.9. The van der Waals surface area contributed by atoms with Crippen LogP contribution in [0.2, 0.25) is 0 Å². The third-order valence-corrected chi connectivity index (χ3v) is 8.09. The fourth-order valence-corrected chi connectivity index (χ4v) is 6.19. The molecule has 3 atom stereocenters. The van der Waals surface area contributed by atoms with Gasteiger partial charge in [-0.3, -0.25) is 4.98 Å². The minimum absolute atomic E-state index is 0.00866. The molecule has 0 fully saturated rings. The smallest absolute Gasteiger partial charge is 0.226 e. The molecule has 0 aliphatic heterocycles. The largest absolute Gasteiger partial charge is 0.308 e. The van der Waals surface area contributed by atoms with E-state index in [0.29, 0.717) is 23.5 Å². The van der Waals surface area contributed by atoms with Gasteiger partial charge in [0.2, 0.25) is 5.70 Å². The molecule has 2 heterocycles. The Morgan fingerprint density at radius 3 is 2.70 bits per heavy atom. The van der Waals surface area contributed by atoms with Crippen LogP contribution >= 0.6 is 0 Å². The van der Waals surface area contributed by atoms with Gasteiger partial charge in [-0.2, -0.15) is 0 Å². The summed E-state index contributed by atoms with van der Waals surface area (Å²) in [6.45, 7) is 13.5. The summed E-state index contributed by atoms with van der Waals surface area (Å²) in [6, 6.07) is 14.9. The number of fused-ring (bicyclic) bond motifs is 4. The maximum atomic E-state index is 15.4. The molecule has 6 rings (SSSR count). The topological polar surface area (TPSA) is 60.1 Å². The Balaban J connectivity index is 1.70. The van der Waals surface area contributed by atoms with Gasteiger partial charge in [0, 0.05) is 39.6 Å². The van der Waals surface area contributed by atoms with Crippen LogP contribution < -0.4 is 0 Å². The second-order valence-electron chi connectivity index (χ2n) is 10.3. The summed E-state index contributed by atoms with van der Waals surface area (Å²) in [7, 11) is 0. The van der Waals surface area contributed by atoms with Gasteiger partial charge >= 0.3 is 0 Å². The van der Waals surface area contributed by atoms with E-state index < -0.39 is 5.41 Å². The SMILES string of the molecule is [C-]#[N+]C1=C[C@@]2(C)c3nc(-c4ccnc5ccccc45)nc(-c4ccc(C)cc4F)c3CC[C@@H]2[C@@H](C)C1=O. The van der Waals surface area contributed by atoms with Crippen LogP contribution in [0.1, 0.15) is 37.1 Å². The summed E-state index contributed by atoms with van der Waals surface area (Å²) < 4.78 is 15.4. The number of ketones is 1. The van der Waals surface area contributed by atoms with E-state index in [2.05, 4.69) is 16.8 Å². The van der Waals surface area contributed by atoms with Crippen LogP contribution in [0, 0.1) is 31.1 Å². The van der Waals surface area contributed by atoms with Crippen molar-refractivity contribution in [3.63, 3.8) is 0 Å². The maximum absolute atomic E-state index is 15.4. The van der Waals surface area contributed by atoms with E-state index in [0.717, 1.165) is 39.7 Å². The number of nitrogens with zero attached hydrogens (tertiary/aromatic N) is 4. The van der Waals surface area contributed by atoms with E-state index in [4.69, 9.17) is 16.5 Å². The highest BCUT2D eigenvalue weighted by molar-refractivity contribution is 6.00. The van der Waals surface area contributed by atoms with Gasteiger partial charge < -0.3 is 4.79 Å². The maximum Gasteiger partial charge on any atom is 0.226 e. The van der Waals surface area contributed by atoms with Crippen LogP contribution in [-0.4, -0.2) is 20.7 Å². The molecule has 0 amide bonds. The van der Waals surface area contributed by atoms with Crippen molar-refractivity contribution < 1.29 is 9.18 Å². The van der Waals surface area contributed by atoms with Gasteiger partial charge in [-0.05, 0) is 55.5 Å². The molecule has 2 aliphatic carbocycles. The number of benzene rings is 2. The van der Waals surface area contributed by atoms with E-state index >= 15 is 4.39 Å². The molecular weight excluding hydrogens is 463 g/mol. The summed E-state index contributed by atoms with van der Waals surface area (Å²) in [5.74, 6) is -0.266. The lowest BCUT2D eigenvalue weighted by molar-refractivity contribution is -0.121. The number of pyridine rings is 1. The first-order valence-electron chi connectivity index (χ1n) is 12.5. The van der Waals surface area contributed by atoms with Crippen molar-refractivity contribution in [2.45, 2.75) is 39.0 Å². The molecule has 0 unspecified atom stereocenters. The summed E-state index contributed by atoms with van der Waals surface area (Å²) in [5.41, 5.74) is 4.61. The first kappa shape index (κ1) is 23.2. The van der Waals surface area contributed by atoms with Crippen molar-refractivity contribution in [2.75, 3.05) is 0 Å². The first-order chi connectivity index (χ1) is 17.8. The van der Waals surface area contributed by atoms with E-state index in [1.165, 1.54) is 6.07 Å². The van der Waals surface area contributed by atoms with Crippen molar-refractivity contribution in [1.82, 2.24) is 15.0 Å². The molecule has 2 aliphatic rings. The molecule has 2 aromatic heterocycles. The van der Waals surface area contributed by atoms with E-state index in [-0.39, 0.29) is 29.1 Å². The molecule has 2 aromatic carbocycles. The highest BCUT2D eigenvalue weighted by Crippen LogP contribution is 2.51. The van der Waals surface area contributed by atoms with Gasteiger partial charge in [0.1, 0.15) is 5.82 Å².